The Balaban J connectivity index is 1.72. The number of amides is 3. The molecule has 2 fully saturated rings. The van der Waals surface area contributed by atoms with Crippen molar-refractivity contribution in [2.75, 3.05) is 44.2 Å². The molecule has 0 aromatic carbocycles. The molecule has 7 nitrogen and oxygen atoms in total. The van der Waals surface area contributed by atoms with Crippen molar-refractivity contribution in [3.05, 3.63) is 0 Å². The topological polar surface area (TPSA) is 86.8 Å². The van der Waals surface area contributed by atoms with Crippen molar-refractivity contribution in [2.24, 2.45) is 5.92 Å². The summed E-state index contributed by atoms with van der Waals surface area (Å²) in [5.74, 6) is 0.458. The summed E-state index contributed by atoms with van der Waals surface area (Å²) in [6.07, 6.45) is 0.626. The van der Waals surface area contributed by atoms with Gasteiger partial charge in [-0.05, 0) is 12.3 Å². The molecule has 114 valence electrons. The van der Waals surface area contributed by atoms with E-state index >= 15 is 0 Å². The van der Waals surface area contributed by atoms with Crippen LogP contribution in [0.5, 0.6) is 0 Å². The molecule has 0 radical (unpaired) electrons. The second kappa shape index (κ2) is 5.99. The maximum Gasteiger partial charge on any atom is 0.317 e. The van der Waals surface area contributed by atoms with E-state index in [4.69, 9.17) is 0 Å². The smallest absolute Gasteiger partial charge is 0.317 e. The molecule has 3 amide bonds. The molecule has 1 atom stereocenters. The van der Waals surface area contributed by atoms with E-state index in [9.17, 15) is 18.0 Å². The number of sulfone groups is 1. The largest absolute Gasteiger partial charge is 0.339 e. The molecule has 0 aliphatic carbocycles. The van der Waals surface area contributed by atoms with Crippen molar-refractivity contribution in [1.82, 2.24) is 15.1 Å². The van der Waals surface area contributed by atoms with E-state index < -0.39 is 9.84 Å². The van der Waals surface area contributed by atoms with Gasteiger partial charge < -0.3 is 15.1 Å². The first-order chi connectivity index (χ1) is 9.37. The van der Waals surface area contributed by atoms with Crippen molar-refractivity contribution < 1.29 is 18.0 Å². The average molecular weight is 303 g/mol. The maximum absolute atomic E-state index is 12.0. The van der Waals surface area contributed by atoms with Gasteiger partial charge in [-0.1, -0.05) is 0 Å². The summed E-state index contributed by atoms with van der Waals surface area (Å²) in [5.41, 5.74) is 0. The number of piperazine rings is 1. The number of carbonyl (C=O) groups excluding carboxylic acids is 2. The molecular weight excluding hydrogens is 282 g/mol. The van der Waals surface area contributed by atoms with E-state index in [1.165, 1.54) is 6.92 Å². The Morgan fingerprint density at radius 2 is 1.75 bits per heavy atom. The number of hydrogen-bond donors (Lipinski definition) is 1. The van der Waals surface area contributed by atoms with Gasteiger partial charge in [0.25, 0.3) is 0 Å². The number of rotatable bonds is 2. The summed E-state index contributed by atoms with van der Waals surface area (Å²) in [6, 6.07) is -0.169. The van der Waals surface area contributed by atoms with Gasteiger partial charge in [0.1, 0.15) is 0 Å². The van der Waals surface area contributed by atoms with Crippen LogP contribution in [-0.4, -0.2) is 74.4 Å². The number of nitrogens with one attached hydrogen (secondary N) is 1. The van der Waals surface area contributed by atoms with Crippen molar-refractivity contribution in [3.63, 3.8) is 0 Å². The van der Waals surface area contributed by atoms with Crippen LogP contribution in [0, 0.1) is 5.92 Å². The zero-order chi connectivity index (χ0) is 14.8. The lowest BCUT2D eigenvalue weighted by Crippen LogP contribution is -2.53. The molecule has 2 saturated heterocycles. The molecule has 2 rings (SSSR count). The summed E-state index contributed by atoms with van der Waals surface area (Å²) < 4.78 is 22.7. The van der Waals surface area contributed by atoms with Crippen LogP contribution in [0.4, 0.5) is 4.79 Å². The Kier molecular flexibility index (Phi) is 4.52. The van der Waals surface area contributed by atoms with Gasteiger partial charge in [0.2, 0.25) is 5.91 Å². The van der Waals surface area contributed by atoms with Crippen LogP contribution in [0.2, 0.25) is 0 Å². The van der Waals surface area contributed by atoms with Gasteiger partial charge in [0, 0.05) is 39.6 Å². The summed E-state index contributed by atoms with van der Waals surface area (Å²) in [7, 11) is -2.89. The minimum Gasteiger partial charge on any atom is -0.339 e. The molecule has 8 heteroatoms. The van der Waals surface area contributed by atoms with Crippen LogP contribution in [0.25, 0.3) is 0 Å². The van der Waals surface area contributed by atoms with Gasteiger partial charge in [-0.15, -0.1) is 0 Å². The molecule has 0 spiro atoms. The summed E-state index contributed by atoms with van der Waals surface area (Å²) >= 11 is 0. The monoisotopic (exact) mass is 303 g/mol. The lowest BCUT2D eigenvalue weighted by Gasteiger charge is -2.34. The maximum atomic E-state index is 12.0. The highest BCUT2D eigenvalue weighted by atomic mass is 32.2. The molecule has 0 aromatic rings. The number of hydrogen-bond acceptors (Lipinski definition) is 4. The third kappa shape index (κ3) is 3.84. The van der Waals surface area contributed by atoms with Crippen molar-refractivity contribution in [3.8, 4) is 0 Å². The van der Waals surface area contributed by atoms with E-state index in [0.717, 1.165) is 0 Å². The fraction of sp³-hybridized carbons (Fsp3) is 0.833. The lowest BCUT2D eigenvalue weighted by molar-refractivity contribution is -0.130. The number of urea groups is 1. The first kappa shape index (κ1) is 15.1. The minimum atomic E-state index is -2.89. The summed E-state index contributed by atoms with van der Waals surface area (Å²) in [5, 5.41) is 2.80. The van der Waals surface area contributed by atoms with Gasteiger partial charge in [-0.25, -0.2) is 13.2 Å². The SMILES string of the molecule is CC(=O)N1CCN(C(=O)NC[C@@H]2CCS(=O)(=O)C2)CC1. The predicted molar refractivity (Wildman–Crippen MR) is 74.0 cm³/mol. The van der Waals surface area contributed by atoms with Crippen LogP contribution < -0.4 is 5.32 Å². The molecule has 20 heavy (non-hydrogen) atoms. The molecule has 0 aromatic heterocycles. The highest BCUT2D eigenvalue weighted by Crippen LogP contribution is 2.17. The molecular formula is C12H21N3O4S. The Bertz CT molecular complexity index is 483. The van der Waals surface area contributed by atoms with Crippen molar-refractivity contribution >= 4 is 21.8 Å². The lowest BCUT2D eigenvalue weighted by atomic mass is 10.1. The molecule has 2 aliphatic heterocycles. The van der Waals surface area contributed by atoms with Gasteiger partial charge in [0.15, 0.2) is 9.84 Å². The van der Waals surface area contributed by atoms with E-state index in [2.05, 4.69) is 5.32 Å². The van der Waals surface area contributed by atoms with Gasteiger partial charge in [-0.3, -0.25) is 4.79 Å². The molecule has 0 saturated carbocycles. The number of nitrogens with zero attached hydrogens (tertiary/aromatic N) is 2. The second-order valence-electron chi connectivity index (χ2n) is 5.45. The Morgan fingerprint density at radius 3 is 2.25 bits per heavy atom. The minimum absolute atomic E-state index is 0.0289. The second-order valence-corrected chi connectivity index (χ2v) is 7.68. The first-order valence-electron chi connectivity index (χ1n) is 6.86. The van der Waals surface area contributed by atoms with Gasteiger partial charge in [0.05, 0.1) is 11.5 Å². The van der Waals surface area contributed by atoms with E-state index in [1.54, 1.807) is 9.80 Å². The van der Waals surface area contributed by atoms with Crippen LogP contribution in [-0.2, 0) is 14.6 Å². The molecule has 2 heterocycles. The predicted octanol–water partition coefficient (Wildman–Crippen LogP) is -0.705. The fourth-order valence-corrected chi connectivity index (χ4v) is 4.46. The van der Waals surface area contributed by atoms with Gasteiger partial charge in [-0.2, -0.15) is 0 Å². The molecule has 0 bridgehead atoms. The Hall–Kier alpha value is -1.31. The van der Waals surface area contributed by atoms with E-state index in [0.29, 0.717) is 39.1 Å². The fourth-order valence-electron chi connectivity index (χ4n) is 2.60. The molecule has 2 aliphatic rings. The Morgan fingerprint density at radius 1 is 1.15 bits per heavy atom. The zero-order valence-electron chi connectivity index (χ0n) is 11.7. The van der Waals surface area contributed by atoms with E-state index in [-0.39, 0.29) is 29.4 Å². The quantitative estimate of drug-likeness (QED) is 0.730. The summed E-state index contributed by atoms with van der Waals surface area (Å²) in [4.78, 5) is 26.5. The number of carbonyl (C=O) groups is 2. The normalized spacial score (nSPS) is 25.6. The highest BCUT2D eigenvalue weighted by molar-refractivity contribution is 7.91. The van der Waals surface area contributed by atoms with Crippen LogP contribution in [0.3, 0.4) is 0 Å². The summed E-state index contributed by atoms with van der Waals surface area (Å²) in [6.45, 7) is 4.09. The zero-order valence-corrected chi connectivity index (χ0v) is 12.5. The molecule has 0 unspecified atom stereocenters. The Labute approximate surface area is 119 Å². The first-order valence-corrected chi connectivity index (χ1v) is 8.68. The molecule has 1 N–H and O–H groups in total. The standard InChI is InChI=1S/C12H21N3O4S/c1-10(16)14-3-5-15(6-4-14)12(17)13-8-11-2-7-20(18,19)9-11/h11H,2-9H2,1H3,(H,13,17)/t11-/m0/s1. The highest BCUT2D eigenvalue weighted by Gasteiger charge is 2.29. The van der Waals surface area contributed by atoms with Gasteiger partial charge >= 0.3 is 6.03 Å². The van der Waals surface area contributed by atoms with Crippen LogP contribution in [0.15, 0.2) is 0 Å². The van der Waals surface area contributed by atoms with Crippen LogP contribution >= 0.6 is 0 Å². The average Bonchev–Trinajstić information content (AvgIpc) is 2.75. The van der Waals surface area contributed by atoms with Crippen molar-refractivity contribution in [2.45, 2.75) is 13.3 Å². The van der Waals surface area contributed by atoms with E-state index in [1.807, 2.05) is 0 Å². The van der Waals surface area contributed by atoms with Crippen LogP contribution in [0.1, 0.15) is 13.3 Å². The third-order valence-electron chi connectivity index (χ3n) is 3.88. The van der Waals surface area contributed by atoms with Crippen molar-refractivity contribution in [1.29, 1.82) is 0 Å². The third-order valence-corrected chi connectivity index (χ3v) is 5.72.